The van der Waals surface area contributed by atoms with Gasteiger partial charge in [-0.05, 0) is 39.8 Å². The monoisotopic (exact) mass is 254 g/mol. The third-order valence-electron chi connectivity index (χ3n) is 3.62. The van der Waals surface area contributed by atoms with Gasteiger partial charge in [-0.25, -0.2) is 0 Å². The number of nitrogens with zero attached hydrogens (tertiary/aromatic N) is 4. The number of rotatable bonds is 3. The van der Waals surface area contributed by atoms with E-state index < -0.39 is 0 Å². The van der Waals surface area contributed by atoms with E-state index in [4.69, 9.17) is 4.99 Å². The fourth-order valence-electron chi connectivity index (χ4n) is 2.55. The molecule has 106 valence electrons. The molecule has 0 aromatic carbocycles. The Morgan fingerprint density at radius 2 is 1.50 bits per heavy atom. The molecule has 0 radical (unpaired) electrons. The molecule has 1 heterocycles. The van der Waals surface area contributed by atoms with Gasteiger partial charge in [-0.15, -0.1) is 0 Å². The minimum atomic E-state index is 0.164. The lowest BCUT2D eigenvalue weighted by Crippen LogP contribution is -2.49. The van der Waals surface area contributed by atoms with Crippen molar-refractivity contribution in [3.8, 4) is 0 Å². The molecule has 1 rings (SSSR count). The molecule has 1 aliphatic rings. The highest BCUT2D eigenvalue weighted by atomic mass is 15.3. The number of aliphatic imine (C=N–C) groups is 1. The molecule has 4 heteroatoms. The van der Waals surface area contributed by atoms with Crippen LogP contribution < -0.4 is 0 Å². The van der Waals surface area contributed by atoms with Crippen molar-refractivity contribution in [1.82, 2.24) is 14.7 Å². The molecule has 0 aromatic heterocycles. The van der Waals surface area contributed by atoms with Gasteiger partial charge in [-0.1, -0.05) is 6.42 Å². The van der Waals surface area contributed by atoms with Crippen LogP contribution in [0.15, 0.2) is 4.99 Å². The van der Waals surface area contributed by atoms with Gasteiger partial charge in [0.1, 0.15) is 0 Å². The van der Waals surface area contributed by atoms with Crippen molar-refractivity contribution in [2.45, 2.75) is 38.6 Å². The van der Waals surface area contributed by atoms with Crippen LogP contribution in [0.5, 0.6) is 0 Å². The van der Waals surface area contributed by atoms with E-state index in [1.165, 1.54) is 32.4 Å². The summed E-state index contributed by atoms with van der Waals surface area (Å²) in [6.45, 7) is 7.93. The number of likely N-dealkylation sites (tertiary alicyclic amines) is 1. The second-order valence-corrected chi connectivity index (χ2v) is 6.27. The minimum absolute atomic E-state index is 0.164. The zero-order valence-corrected chi connectivity index (χ0v) is 13.0. The number of hydrogen-bond donors (Lipinski definition) is 0. The van der Waals surface area contributed by atoms with E-state index in [-0.39, 0.29) is 5.54 Å². The minimum Gasteiger partial charge on any atom is -0.349 e. The summed E-state index contributed by atoms with van der Waals surface area (Å²) in [5.74, 6) is 1.04. The van der Waals surface area contributed by atoms with E-state index in [0.29, 0.717) is 0 Å². The van der Waals surface area contributed by atoms with Crippen LogP contribution in [0, 0.1) is 0 Å². The van der Waals surface area contributed by atoms with Gasteiger partial charge in [0.15, 0.2) is 5.96 Å². The average Bonchev–Trinajstić information content (AvgIpc) is 2.29. The predicted molar refractivity (Wildman–Crippen MR) is 79.2 cm³/mol. The van der Waals surface area contributed by atoms with Crippen molar-refractivity contribution < 1.29 is 0 Å². The van der Waals surface area contributed by atoms with Crippen LogP contribution in [0.25, 0.3) is 0 Å². The predicted octanol–water partition coefficient (Wildman–Crippen LogP) is 1.73. The molecule has 0 spiro atoms. The van der Waals surface area contributed by atoms with E-state index in [9.17, 15) is 0 Å². The molecule has 0 aromatic rings. The first kappa shape index (κ1) is 15.3. The molecule has 1 fully saturated rings. The van der Waals surface area contributed by atoms with Crippen LogP contribution in [0.2, 0.25) is 0 Å². The highest BCUT2D eigenvalue weighted by Gasteiger charge is 2.27. The van der Waals surface area contributed by atoms with E-state index in [2.05, 4.69) is 28.5 Å². The Morgan fingerprint density at radius 1 is 1.00 bits per heavy atom. The Kier molecular flexibility index (Phi) is 5.45. The van der Waals surface area contributed by atoms with Gasteiger partial charge in [-0.3, -0.25) is 9.89 Å². The maximum absolute atomic E-state index is 4.80. The average molecular weight is 254 g/mol. The van der Waals surface area contributed by atoms with E-state index in [1.54, 1.807) is 0 Å². The molecule has 0 amide bonds. The van der Waals surface area contributed by atoms with Crippen LogP contribution in [0.3, 0.4) is 0 Å². The zero-order valence-electron chi connectivity index (χ0n) is 13.0. The third kappa shape index (κ3) is 4.16. The van der Waals surface area contributed by atoms with Crippen LogP contribution in [0.1, 0.15) is 33.1 Å². The van der Waals surface area contributed by atoms with E-state index in [1.807, 2.05) is 28.2 Å². The molecule has 0 N–H and O–H groups in total. The molecule has 0 atom stereocenters. The smallest absolute Gasteiger partial charge is 0.195 e. The number of hydrogen-bond acceptors (Lipinski definition) is 2. The first-order chi connectivity index (χ1) is 8.34. The molecule has 1 saturated heterocycles. The molecular weight excluding hydrogens is 224 g/mol. The van der Waals surface area contributed by atoms with Gasteiger partial charge in [0.05, 0.1) is 6.54 Å². The Morgan fingerprint density at radius 3 is 1.94 bits per heavy atom. The van der Waals surface area contributed by atoms with Crippen molar-refractivity contribution in [3.63, 3.8) is 0 Å². The summed E-state index contributed by atoms with van der Waals surface area (Å²) in [6.07, 6.45) is 4.05. The summed E-state index contributed by atoms with van der Waals surface area (Å²) in [5.41, 5.74) is 0.164. The van der Waals surface area contributed by atoms with Crippen molar-refractivity contribution in [3.05, 3.63) is 0 Å². The van der Waals surface area contributed by atoms with Gasteiger partial charge in [0.2, 0.25) is 0 Å². The summed E-state index contributed by atoms with van der Waals surface area (Å²) in [7, 11) is 8.19. The lowest BCUT2D eigenvalue weighted by atomic mass is 9.99. The Balaban J connectivity index is 2.65. The topological polar surface area (TPSA) is 22.1 Å². The SMILES string of the molecule is CN(C)C(=NCC(C)(C)N1CCCCC1)N(C)C. The highest BCUT2D eigenvalue weighted by molar-refractivity contribution is 5.79. The summed E-state index contributed by atoms with van der Waals surface area (Å²) in [6, 6.07) is 0. The lowest BCUT2D eigenvalue weighted by Gasteiger charge is -2.40. The Labute approximate surface area is 113 Å². The number of guanidine groups is 1. The second-order valence-electron chi connectivity index (χ2n) is 6.27. The van der Waals surface area contributed by atoms with Gasteiger partial charge in [0, 0.05) is 33.7 Å². The molecule has 1 aliphatic heterocycles. The van der Waals surface area contributed by atoms with Gasteiger partial charge >= 0.3 is 0 Å². The summed E-state index contributed by atoms with van der Waals surface area (Å²) < 4.78 is 0. The summed E-state index contributed by atoms with van der Waals surface area (Å²) >= 11 is 0. The maximum Gasteiger partial charge on any atom is 0.195 e. The molecule has 0 unspecified atom stereocenters. The molecule has 0 saturated carbocycles. The lowest BCUT2D eigenvalue weighted by molar-refractivity contribution is 0.102. The summed E-state index contributed by atoms with van der Waals surface area (Å²) in [5, 5.41) is 0. The number of piperidine rings is 1. The van der Waals surface area contributed by atoms with Crippen LogP contribution >= 0.6 is 0 Å². The van der Waals surface area contributed by atoms with E-state index >= 15 is 0 Å². The highest BCUT2D eigenvalue weighted by Crippen LogP contribution is 2.20. The fraction of sp³-hybridized carbons (Fsp3) is 0.929. The third-order valence-corrected chi connectivity index (χ3v) is 3.62. The molecule has 0 aliphatic carbocycles. The normalized spacial score (nSPS) is 17.4. The maximum atomic E-state index is 4.80. The van der Waals surface area contributed by atoms with Crippen molar-refractivity contribution in [2.24, 2.45) is 4.99 Å². The van der Waals surface area contributed by atoms with E-state index in [0.717, 1.165) is 12.5 Å². The van der Waals surface area contributed by atoms with Crippen LogP contribution in [-0.4, -0.2) is 74.0 Å². The standard InChI is InChI=1S/C14H30N4/c1-14(2,18-10-8-7-9-11-18)12-15-13(16(3)4)17(5)6/h7-12H2,1-6H3. The molecular formula is C14H30N4. The van der Waals surface area contributed by atoms with Gasteiger partial charge < -0.3 is 9.80 Å². The van der Waals surface area contributed by atoms with Crippen LogP contribution in [-0.2, 0) is 0 Å². The Bertz CT molecular complexity index is 266. The Hall–Kier alpha value is -0.770. The fourth-order valence-corrected chi connectivity index (χ4v) is 2.55. The van der Waals surface area contributed by atoms with Gasteiger partial charge in [-0.2, -0.15) is 0 Å². The first-order valence-corrected chi connectivity index (χ1v) is 6.99. The molecule has 4 nitrogen and oxygen atoms in total. The largest absolute Gasteiger partial charge is 0.349 e. The summed E-state index contributed by atoms with van der Waals surface area (Å²) in [4.78, 5) is 11.5. The quantitative estimate of drug-likeness (QED) is 0.566. The van der Waals surface area contributed by atoms with Gasteiger partial charge in [0.25, 0.3) is 0 Å². The first-order valence-electron chi connectivity index (χ1n) is 6.99. The molecule has 0 bridgehead atoms. The second kappa shape index (κ2) is 6.41. The zero-order chi connectivity index (χ0) is 13.8. The molecule has 18 heavy (non-hydrogen) atoms. The van der Waals surface area contributed by atoms with Crippen molar-refractivity contribution in [1.29, 1.82) is 0 Å². The van der Waals surface area contributed by atoms with Crippen LogP contribution in [0.4, 0.5) is 0 Å². The van der Waals surface area contributed by atoms with Crippen molar-refractivity contribution >= 4 is 5.96 Å². The van der Waals surface area contributed by atoms with Crippen molar-refractivity contribution in [2.75, 3.05) is 47.8 Å².